The molecule has 0 aliphatic carbocycles. The molecule has 0 saturated heterocycles. The Bertz CT molecular complexity index is 1090. The normalized spacial score (nSPS) is 16.3. The van der Waals surface area contributed by atoms with Gasteiger partial charge in [-0.05, 0) is 18.7 Å². The van der Waals surface area contributed by atoms with Crippen molar-refractivity contribution in [1.29, 1.82) is 0 Å². The van der Waals surface area contributed by atoms with Crippen LogP contribution in [0.25, 0.3) is 0 Å². The number of hydrogen-bond donors (Lipinski definition) is 1. The predicted molar refractivity (Wildman–Crippen MR) is 108 cm³/mol. The summed E-state index contributed by atoms with van der Waals surface area (Å²) in [6.07, 6.45) is 1.91. The van der Waals surface area contributed by atoms with E-state index in [9.17, 15) is 12.8 Å². The molecule has 1 atom stereocenters. The SMILES string of the molecule is CN(Cc1ccccc1)C1CCOc2cc(S(=O)(=O)Nc3ncns3)c(F)cc21. The number of benzene rings is 2. The van der Waals surface area contributed by atoms with Crippen LogP contribution in [0.2, 0.25) is 0 Å². The molecule has 2 aromatic carbocycles. The zero-order valence-electron chi connectivity index (χ0n) is 15.6. The van der Waals surface area contributed by atoms with E-state index in [2.05, 4.69) is 19.0 Å². The average Bonchev–Trinajstić information content (AvgIpc) is 3.20. The smallest absolute Gasteiger partial charge is 0.266 e. The van der Waals surface area contributed by atoms with E-state index in [0.29, 0.717) is 30.9 Å². The van der Waals surface area contributed by atoms with Crippen LogP contribution in [0.4, 0.5) is 9.52 Å². The van der Waals surface area contributed by atoms with E-state index >= 15 is 0 Å². The van der Waals surface area contributed by atoms with Crippen LogP contribution < -0.4 is 9.46 Å². The summed E-state index contributed by atoms with van der Waals surface area (Å²) in [7, 11) is -2.18. The summed E-state index contributed by atoms with van der Waals surface area (Å²) in [6, 6.07) is 12.4. The molecule has 152 valence electrons. The standard InChI is InChI=1S/C19H19FN4O3S2/c1-24(11-13-5-3-2-4-6-13)16-7-8-27-17-10-18(15(20)9-14(16)17)29(25,26)23-19-21-12-22-28-19/h2-6,9-10,12,16H,7-8,11H2,1H3,(H,21,22,23). The number of nitrogens with zero attached hydrogens (tertiary/aromatic N) is 3. The minimum Gasteiger partial charge on any atom is -0.493 e. The fourth-order valence-electron chi connectivity index (χ4n) is 3.40. The van der Waals surface area contributed by atoms with E-state index in [1.54, 1.807) is 0 Å². The first-order valence-corrected chi connectivity index (χ1v) is 11.2. The minimum atomic E-state index is -4.14. The predicted octanol–water partition coefficient (Wildman–Crippen LogP) is 3.43. The highest BCUT2D eigenvalue weighted by Gasteiger charge is 2.30. The fourth-order valence-corrected chi connectivity index (χ4v) is 5.14. The average molecular weight is 435 g/mol. The molecule has 1 unspecified atom stereocenters. The van der Waals surface area contributed by atoms with Crippen molar-refractivity contribution < 1.29 is 17.5 Å². The largest absolute Gasteiger partial charge is 0.493 e. The van der Waals surface area contributed by atoms with Crippen molar-refractivity contribution >= 4 is 26.7 Å². The van der Waals surface area contributed by atoms with E-state index in [4.69, 9.17) is 4.74 Å². The van der Waals surface area contributed by atoms with E-state index in [1.807, 2.05) is 37.4 Å². The molecule has 4 rings (SSSR count). The highest BCUT2D eigenvalue weighted by molar-refractivity contribution is 7.93. The van der Waals surface area contributed by atoms with Crippen molar-refractivity contribution in [1.82, 2.24) is 14.3 Å². The van der Waals surface area contributed by atoms with Crippen molar-refractivity contribution in [3.63, 3.8) is 0 Å². The molecule has 0 saturated carbocycles. The van der Waals surface area contributed by atoms with Gasteiger partial charge in [-0.2, -0.15) is 4.37 Å². The Morgan fingerprint density at radius 3 is 2.83 bits per heavy atom. The summed E-state index contributed by atoms with van der Waals surface area (Å²) in [5, 5.41) is 0.0727. The number of fused-ring (bicyclic) bond motifs is 1. The molecule has 1 aromatic heterocycles. The molecule has 29 heavy (non-hydrogen) atoms. The number of hydrogen-bond acceptors (Lipinski definition) is 7. The summed E-state index contributed by atoms with van der Waals surface area (Å²) < 4.78 is 51.7. The molecule has 2 heterocycles. The van der Waals surface area contributed by atoms with Crippen LogP contribution in [0.5, 0.6) is 5.75 Å². The third kappa shape index (κ3) is 4.24. The van der Waals surface area contributed by atoms with Crippen LogP contribution in [-0.2, 0) is 16.6 Å². The van der Waals surface area contributed by atoms with Gasteiger partial charge in [-0.25, -0.2) is 17.8 Å². The van der Waals surface area contributed by atoms with E-state index < -0.39 is 20.7 Å². The number of nitrogens with one attached hydrogen (secondary N) is 1. The van der Waals surface area contributed by atoms with Crippen LogP contribution in [0, 0.1) is 5.82 Å². The fraction of sp³-hybridized carbons (Fsp3) is 0.263. The quantitative estimate of drug-likeness (QED) is 0.640. The lowest BCUT2D eigenvalue weighted by atomic mass is 9.98. The Balaban J connectivity index is 1.63. The van der Waals surface area contributed by atoms with Crippen molar-refractivity contribution in [2.75, 3.05) is 18.4 Å². The zero-order valence-corrected chi connectivity index (χ0v) is 17.2. The van der Waals surface area contributed by atoms with Crippen molar-refractivity contribution in [2.24, 2.45) is 0 Å². The van der Waals surface area contributed by atoms with Gasteiger partial charge in [0.15, 0.2) is 0 Å². The van der Waals surface area contributed by atoms with Gasteiger partial charge >= 0.3 is 0 Å². The summed E-state index contributed by atoms with van der Waals surface area (Å²) in [6.45, 7) is 1.11. The van der Waals surface area contributed by atoms with Crippen molar-refractivity contribution in [3.8, 4) is 5.75 Å². The summed E-state index contributed by atoms with van der Waals surface area (Å²) in [4.78, 5) is 5.42. The maximum absolute atomic E-state index is 14.8. The number of rotatable bonds is 6. The molecule has 3 aromatic rings. The molecule has 0 radical (unpaired) electrons. The summed E-state index contributed by atoms with van der Waals surface area (Å²) in [5.41, 5.74) is 1.78. The Morgan fingerprint density at radius 2 is 2.10 bits per heavy atom. The Hall–Kier alpha value is -2.56. The van der Waals surface area contributed by atoms with Gasteiger partial charge in [-0.1, -0.05) is 30.3 Å². The third-order valence-corrected chi connectivity index (χ3v) is 6.81. The maximum atomic E-state index is 14.8. The van der Waals surface area contributed by atoms with Crippen molar-refractivity contribution in [3.05, 3.63) is 65.7 Å². The van der Waals surface area contributed by atoms with Gasteiger partial charge in [0, 0.05) is 42.2 Å². The van der Waals surface area contributed by atoms with Gasteiger partial charge in [0.05, 0.1) is 6.61 Å². The van der Waals surface area contributed by atoms with E-state index in [0.717, 1.165) is 17.1 Å². The minimum absolute atomic E-state index is 0.0727. The second-order valence-electron chi connectivity index (χ2n) is 6.73. The maximum Gasteiger partial charge on any atom is 0.266 e. The number of sulfonamides is 1. The van der Waals surface area contributed by atoms with Gasteiger partial charge in [0.1, 0.15) is 22.8 Å². The summed E-state index contributed by atoms with van der Waals surface area (Å²) in [5.74, 6) is -0.454. The zero-order chi connectivity index (χ0) is 20.4. The van der Waals surface area contributed by atoms with Gasteiger partial charge in [0.2, 0.25) is 5.13 Å². The third-order valence-electron chi connectivity index (χ3n) is 4.75. The molecule has 10 heteroatoms. The Morgan fingerprint density at radius 1 is 1.31 bits per heavy atom. The second-order valence-corrected chi connectivity index (χ2v) is 9.16. The summed E-state index contributed by atoms with van der Waals surface area (Å²) >= 11 is 0.873. The van der Waals surface area contributed by atoms with Crippen LogP contribution in [0.15, 0.2) is 53.7 Å². The molecule has 0 amide bonds. The van der Waals surface area contributed by atoms with Gasteiger partial charge in [-0.3, -0.25) is 9.62 Å². The number of anilines is 1. The van der Waals surface area contributed by atoms with Crippen LogP contribution in [-0.4, -0.2) is 36.3 Å². The first-order chi connectivity index (χ1) is 13.9. The molecule has 0 bridgehead atoms. The molecule has 7 nitrogen and oxygen atoms in total. The molecular formula is C19H19FN4O3S2. The van der Waals surface area contributed by atoms with Crippen molar-refractivity contribution in [2.45, 2.75) is 23.9 Å². The lowest BCUT2D eigenvalue weighted by Crippen LogP contribution is -2.29. The molecular weight excluding hydrogens is 415 g/mol. The number of halogens is 1. The van der Waals surface area contributed by atoms with Gasteiger partial charge in [-0.15, -0.1) is 0 Å². The first-order valence-electron chi connectivity index (χ1n) is 8.94. The number of aromatic nitrogens is 2. The topological polar surface area (TPSA) is 84.4 Å². The second kappa shape index (κ2) is 8.05. The van der Waals surface area contributed by atoms with Gasteiger partial charge < -0.3 is 4.74 Å². The first kappa shape index (κ1) is 19.7. The van der Waals surface area contributed by atoms with Crippen LogP contribution in [0.3, 0.4) is 0 Å². The molecule has 1 aliphatic rings. The molecule has 0 fully saturated rings. The van der Waals surface area contributed by atoms with E-state index in [-0.39, 0.29) is 11.2 Å². The Labute approximate surface area is 172 Å². The van der Waals surface area contributed by atoms with Crippen LogP contribution in [0.1, 0.15) is 23.6 Å². The monoisotopic (exact) mass is 434 g/mol. The lowest BCUT2D eigenvalue weighted by Gasteiger charge is -2.33. The number of ether oxygens (including phenoxy) is 1. The van der Waals surface area contributed by atoms with E-state index in [1.165, 1.54) is 18.5 Å². The molecule has 1 aliphatic heterocycles. The highest BCUT2D eigenvalue weighted by Crippen LogP contribution is 2.38. The van der Waals surface area contributed by atoms with Gasteiger partial charge in [0.25, 0.3) is 10.0 Å². The Kier molecular flexibility index (Phi) is 5.48. The lowest BCUT2D eigenvalue weighted by molar-refractivity contribution is 0.160. The molecule has 0 spiro atoms. The molecule has 1 N–H and O–H groups in total. The highest BCUT2D eigenvalue weighted by atomic mass is 32.2. The van der Waals surface area contributed by atoms with Crippen LogP contribution >= 0.6 is 11.5 Å².